The summed E-state index contributed by atoms with van der Waals surface area (Å²) in [5.41, 5.74) is 3.51. The number of benzene rings is 1. The van der Waals surface area contributed by atoms with Crippen molar-refractivity contribution in [2.24, 2.45) is 0 Å². The molecule has 4 aromatic rings. The number of aromatic nitrogens is 4. The van der Waals surface area contributed by atoms with Gasteiger partial charge in [0.15, 0.2) is 11.5 Å². The molecular formula is C23H25N5O3. The minimum absolute atomic E-state index is 0.0616. The van der Waals surface area contributed by atoms with Gasteiger partial charge in [0.25, 0.3) is 0 Å². The van der Waals surface area contributed by atoms with Crippen LogP contribution in [0.25, 0.3) is 16.9 Å². The molecule has 0 spiro atoms. The molecule has 1 aromatic carbocycles. The minimum Gasteiger partial charge on any atom is -0.497 e. The first-order valence-electron chi connectivity index (χ1n) is 9.96. The Labute approximate surface area is 180 Å². The highest BCUT2D eigenvalue weighted by atomic mass is 16.5. The molecule has 0 bridgehead atoms. The first kappa shape index (κ1) is 20.5. The van der Waals surface area contributed by atoms with Crippen molar-refractivity contribution < 1.29 is 14.3 Å². The number of carbonyl (C=O) groups is 1. The third kappa shape index (κ3) is 4.09. The molecule has 0 saturated carbocycles. The van der Waals surface area contributed by atoms with Crippen LogP contribution in [0.1, 0.15) is 16.8 Å². The van der Waals surface area contributed by atoms with Gasteiger partial charge in [-0.15, -0.1) is 0 Å². The van der Waals surface area contributed by atoms with Gasteiger partial charge < -0.3 is 19.4 Å². The maximum Gasteiger partial charge on any atom is 0.242 e. The molecule has 1 N–H and O–H groups in total. The van der Waals surface area contributed by atoms with Crippen LogP contribution in [0.5, 0.6) is 11.5 Å². The van der Waals surface area contributed by atoms with E-state index in [1.165, 1.54) is 0 Å². The summed E-state index contributed by atoms with van der Waals surface area (Å²) < 4.78 is 14.2. The van der Waals surface area contributed by atoms with E-state index < -0.39 is 0 Å². The summed E-state index contributed by atoms with van der Waals surface area (Å²) in [4.78, 5) is 17.4. The lowest BCUT2D eigenvalue weighted by Crippen LogP contribution is -2.28. The van der Waals surface area contributed by atoms with Crippen molar-refractivity contribution in [2.75, 3.05) is 14.2 Å². The van der Waals surface area contributed by atoms with Crippen LogP contribution in [0.3, 0.4) is 0 Å². The summed E-state index contributed by atoms with van der Waals surface area (Å²) >= 11 is 0. The van der Waals surface area contributed by atoms with Gasteiger partial charge in [0.2, 0.25) is 5.91 Å². The maximum atomic E-state index is 12.7. The first-order chi connectivity index (χ1) is 15.0. The Kier molecular flexibility index (Phi) is 5.62. The molecule has 0 fully saturated rings. The van der Waals surface area contributed by atoms with Gasteiger partial charge in [-0.2, -0.15) is 5.10 Å². The van der Waals surface area contributed by atoms with E-state index in [9.17, 15) is 4.79 Å². The number of nitrogens with one attached hydrogen (secondary N) is 1. The van der Waals surface area contributed by atoms with Crippen LogP contribution in [-0.2, 0) is 17.9 Å². The number of methoxy groups -OCH3 is 2. The predicted octanol–water partition coefficient (Wildman–Crippen LogP) is 3.17. The topological polar surface area (TPSA) is 83.2 Å². The van der Waals surface area contributed by atoms with E-state index in [-0.39, 0.29) is 12.5 Å². The fraction of sp³-hybridized carbons (Fsp3) is 0.261. The molecule has 4 rings (SSSR count). The summed E-state index contributed by atoms with van der Waals surface area (Å²) in [5, 5.41) is 8.58. The predicted molar refractivity (Wildman–Crippen MR) is 118 cm³/mol. The average molecular weight is 419 g/mol. The number of fused-ring (bicyclic) bond motifs is 1. The smallest absolute Gasteiger partial charge is 0.242 e. The van der Waals surface area contributed by atoms with Gasteiger partial charge in [-0.1, -0.05) is 0 Å². The van der Waals surface area contributed by atoms with Crippen molar-refractivity contribution >= 4 is 16.9 Å². The second-order valence-corrected chi connectivity index (χ2v) is 7.31. The number of amides is 1. The zero-order valence-corrected chi connectivity index (χ0v) is 18.0. The second-order valence-electron chi connectivity index (χ2n) is 7.31. The first-order valence-corrected chi connectivity index (χ1v) is 9.96. The highest BCUT2D eigenvalue weighted by Crippen LogP contribution is 2.26. The van der Waals surface area contributed by atoms with E-state index in [4.69, 9.17) is 14.6 Å². The second kappa shape index (κ2) is 8.51. The molecule has 0 atom stereocenters. The molecular weight excluding hydrogens is 394 g/mol. The third-order valence-electron chi connectivity index (χ3n) is 5.12. The number of nitrogens with zero attached hydrogens (tertiary/aromatic N) is 4. The number of hydrogen-bond acceptors (Lipinski definition) is 5. The molecule has 160 valence electrons. The lowest BCUT2D eigenvalue weighted by molar-refractivity contribution is -0.121. The van der Waals surface area contributed by atoms with Gasteiger partial charge in [-0.25, -0.2) is 9.67 Å². The molecule has 0 saturated heterocycles. The molecule has 0 aliphatic heterocycles. The Hall–Kier alpha value is -3.81. The van der Waals surface area contributed by atoms with Crippen LogP contribution in [0, 0.1) is 13.8 Å². The molecule has 0 aliphatic carbocycles. The number of ether oxygens (including phenoxy) is 2. The summed E-state index contributed by atoms with van der Waals surface area (Å²) in [5.74, 6) is 1.95. The SMILES string of the molecule is COc1ccc(CNC(=O)Cn2nc(-n3cccc3)c3c(C)cc(C)nc32)c(OC)c1. The van der Waals surface area contributed by atoms with E-state index in [1.54, 1.807) is 25.0 Å². The van der Waals surface area contributed by atoms with Gasteiger partial charge in [0.05, 0.1) is 19.6 Å². The Morgan fingerprint density at radius 3 is 2.58 bits per heavy atom. The lowest BCUT2D eigenvalue weighted by Gasteiger charge is -2.11. The van der Waals surface area contributed by atoms with Crippen molar-refractivity contribution in [1.82, 2.24) is 24.6 Å². The Bertz CT molecular complexity index is 1230. The van der Waals surface area contributed by atoms with Gasteiger partial charge in [-0.05, 0) is 49.7 Å². The molecule has 8 heteroatoms. The molecule has 31 heavy (non-hydrogen) atoms. The molecule has 1 amide bonds. The Balaban J connectivity index is 1.58. The lowest BCUT2D eigenvalue weighted by atomic mass is 10.2. The zero-order valence-electron chi connectivity index (χ0n) is 18.0. The molecule has 0 unspecified atom stereocenters. The van der Waals surface area contributed by atoms with Gasteiger partial charge >= 0.3 is 0 Å². The number of rotatable bonds is 7. The summed E-state index contributed by atoms with van der Waals surface area (Å²) in [6, 6.07) is 11.4. The largest absolute Gasteiger partial charge is 0.497 e. The molecule has 0 radical (unpaired) electrons. The van der Waals surface area contributed by atoms with Crippen molar-refractivity contribution in [1.29, 1.82) is 0 Å². The Morgan fingerprint density at radius 1 is 1.10 bits per heavy atom. The van der Waals surface area contributed by atoms with Gasteiger partial charge in [0, 0.05) is 36.3 Å². The standard InChI is InChI=1S/C23H25N5O3/c1-15-11-16(2)25-22-21(15)23(27-9-5-6-10-27)26-28(22)14-20(29)24-13-17-7-8-18(30-3)12-19(17)31-4/h5-12H,13-14H2,1-4H3,(H,24,29). The fourth-order valence-corrected chi connectivity index (χ4v) is 3.64. The monoisotopic (exact) mass is 419 g/mol. The van der Waals surface area contributed by atoms with E-state index in [0.717, 1.165) is 28.0 Å². The van der Waals surface area contributed by atoms with Gasteiger partial charge in [-0.3, -0.25) is 4.79 Å². The van der Waals surface area contributed by atoms with E-state index in [2.05, 4.69) is 10.3 Å². The summed E-state index contributed by atoms with van der Waals surface area (Å²) in [6.45, 7) is 4.37. The van der Waals surface area contributed by atoms with Crippen LogP contribution < -0.4 is 14.8 Å². The van der Waals surface area contributed by atoms with Crippen LogP contribution >= 0.6 is 0 Å². The number of pyridine rings is 1. The van der Waals surface area contributed by atoms with Crippen molar-refractivity contribution in [3.05, 3.63) is 65.6 Å². The molecule has 0 aliphatic rings. The average Bonchev–Trinajstić information content (AvgIpc) is 3.40. The van der Waals surface area contributed by atoms with E-state index in [1.807, 2.05) is 61.1 Å². The van der Waals surface area contributed by atoms with Gasteiger partial charge in [0.1, 0.15) is 18.0 Å². The molecule has 3 heterocycles. The van der Waals surface area contributed by atoms with E-state index >= 15 is 0 Å². The Morgan fingerprint density at radius 2 is 1.87 bits per heavy atom. The summed E-state index contributed by atoms with van der Waals surface area (Å²) in [7, 11) is 3.19. The van der Waals surface area contributed by atoms with Crippen LogP contribution in [-0.4, -0.2) is 39.5 Å². The molecule has 3 aromatic heterocycles. The molecule has 8 nitrogen and oxygen atoms in total. The minimum atomic E-state index is -0.165. The summed E-state index contributed by atoms with van der Waals surface area (Å²) in [6.07, 6.45) is 3.86. The van der Waals surface area contributed by atoms with Crippen molar-refractivity contribution in [2.45, 2.75) is 26.9 Å². The third-order valence-corrected chi connectivity index (χ3v) is 5.12. The van der Waals surface area contributed by atoms with Crippen LogP contribution in [0.2, 0.25) is 0 Å². The van der Waals surface area contributed by atoms with Crippen molar-refractivity contribution in [3.63, 3.8) is 0 Å². The normalized spacial score (nSPS) is 11.0. The van der Waals surface area contributed by atoms with Crippen LogP contribution in [0.15, 0.2) is 48.8 Å². The maximum absolute atomic E-state index is 12.7. The number of aryl methyl sites for hydroxylation is 2. The highest BCUT2D eigenvalue weighted by molar-refractivity contribution is 5.88. The van der Waals surface area contributed by atoms with Crippen LogP contribution in [0.4, 0.5) is 0 Å². The van der Waals surface area contributed by atoms with E-state index in [0.29, 0.717) is 23.7 Å². The highest BCUT2D eigenvalue weighted by Gasteiger charge is 2.18. The van der Waals surface area contributed by atoms with Crippen molar-refractivity contribution in [3.8, 4) is 17.3 Å². The number of carbonyl (C=O) groups excluding carboxylic acids is 1. The quantitative estimate of drug-likeness (QED) is 0.498. The fourth-order valence-electron chi connectivity index (χ4n) is 3.64. The zero-order chi connectivity index (χ0) is 22.0. The number of hydrogen-bond donors (Lipinski definition) is 1.